The van der Waals surface area contributed by atoms with Crippen molar-refractivity contribution < 1.29 is 23.1 Å². The van der Waals surface area contributed by atoms with Gasteiger partial charge in [-0.2, -0.15) is 13.2 Å². The minimum Gasteiger partial charge on any atom is -0.475 e. The molecule has 8 nitrogen and oxygen atoms in total. The Morgan fingerprint density at radius 2 is 1.75 bits per heavy atom. The zero-order valence-electron chi connectivity index (χ0n) is 15.3. The summed E-state index contributed by atoms with van der Waals surface area (Å²) in [6.07, 6.45) is -1.65. The summed E-state index contributed by atoms with van der Waals surface area (Å²) in [6, 6.07) is 8.22. The number of amidine groups is 1. The zero-order chi connectivity index (χ0) is 20.9. The van der Waals surface area contributed by atoms with Crippen molar-refractivity contribution in [3.63, 3.8) is 0 Å². The molecular formula is C17H23F3N6O2. The van der Waals surface area contributed by atoms with Crippen LogP contribution >= 0.6 is 0 Å². The monoisotopic (exact) mass is 400 g/mol. The van der Waals surface area contributed by atoms with Gasteiger partial charge in [-0.15, -0.1) is 0 Å². The van der Waals surface area contributed by atoms with Crippen molar-refractivity contribution in [2.45, 2.75) is 12.0 Å². The van der Waals surface area contributed by atoms with Crippen molar-refractivity contribution in [2.75, 3.05) is 38.1 Å². The third-order valence-electron chi connectivity index (χ3n) is 4.28. The van der Waals surface area contributed by atoms with Crippen molar-refractivity contribution in [1.82, 2.24) is 10.2 Å². The first-order valence-electron chi connectivity index (χ1n) is 8.44. The van der Waals surface area contributed by atoms with E-state index >= 15 is 0 Å². The molecule has 0 amide bonds. The molecule has 2 aliphatic heterocycles. The summed E-state index contributed by atoms with van der Waals surface area (Å²) in [5, 5.41) is 10.2. The second kappa shape index (κ2) is 8.48. The molecular weight excluding hydrogens is 377 g/mol. The molecule has 0 radical (unpaired) electrons. The van der Waals surface area contributed by atoms with Crippen LogP contribution in [0.25, 0.3) is 0 Å². The van der Waals surface area contributed by atoms with Gasteiger partial charge in [0.05, 0.1) is 0 Å². The third-order valence-corrected chi connectivity index (χ3v) is 4.28. The Morgan fingerprint density at radius 1 is 1.21 bits per heavy atom. The lowest BCUT2D eigenvalue weighted by Gasteiger charge is -2.34. The normalized spacial score (nSPS) is 22.6. The highest BCUT2D eigenvalue weighted by molar-refractivity contribution is 5.92. The molecule has 11 heteroatoms. The minimum atomic E-state index is -5.08. The van der Waals surface area contributed by atoms with E-state index < -0.39 is 17.9 Å². The van der Waals surface area contributed by atoms with Gasteiger partial charge in [-0.1, -0.05) is 12.1 Å². The van der Waals surface area contributed by atoms with Crippen LogP contribution in [0.2, 0.25) is 0 Å². The fourth-order valence-electron chi connectivity index (χ4n) is 2.67. The van der Waals surface area contributed by atoms with Crippen LogP contribution in [0.15, 0.2) is 41.5 Å². The van der Waals surface area contributed by atoms with Gasteiger partial charge in [0.2, 0.25) is 5.79 Å². The number of nitrogens with two attached hydrogens (primary N) is 2. The molecule has 0 bridgehead atoms. The lowest BCUT2D eigenvalue weighted by Crippen LogP contribution is -2.49. The number of aliphatic imine (C=N–C) groups is 1. The number of carboxylic acid groups (broad SMARTS) is 1. The van der Waals surface area contributed by atoms with E-state index in [1.165, 1.54) is 5.69 Å². The number of carbonyl (C=O) groups is 1. The van der Waals surface area contributed by atoms with E-state index in [-0.39, 0.29) is 0 Å². The van der Waals surface area contributed by atoms with Gasteiger partial charge in [0.25, 0.3) is 0 Å². The van der Waals surface area contributed by atoms with Gasteiger partial charge < -0.3 is 26.0 Å². The van der Waals surface area contributed by atoms with Crippen LogP contribution in [-0.2, 0) is 10.6 Å². The van der Waals surface area contributed by atoms with Gasteiger partial charge in [-0.25, -0.2) is 9.79 Å². The molecule has 1 aromatic carbocycles. The van der Waals surface area contributed by atoms with Crippen molar-refractivity contribution in [2.24, 2.45) is 16.5 Å². The Balaban J connectivity index is 0.000000345. The first-order valence-corrected chi connectivity index (χ1v) is 8.44. The Bertz CT molecular complexity index is 742. The smallest absolute Gasteiger partial charge is 0.475 e. The number of anilines is 1. The highest BCUT2D eigenvalue weighted by atomic mass is 19.4. The zero-order valence-corrected chi connectivity index (χ0v) is 15.3. The number of piperazine rings is 1. The molecule has 2 aliphatic rings. The summed E-state index contributed by atoms with van der Waals surface area (Å²) in [4.78, 5) is 17.9. The maximum atomic E-state index is 10.6. The van der Waals surface area contributed by atoms with Crippen LogP contribution in [0, 0.1) is 0 Å². The predicted molar refractivity (Wildman–Crippen MR) is 99.6 cm³/mol. The van der Waals surface area contributed by atoms with E-state index in [0.29, 0.717) is 5.84 Å². The predicted octanol–water partition coefficient (Wildman–Crippen LogP) is 0.615. The fourth-order valence-corrected chi connectivity index (χ4v) is 2.67. The van der Waals surface area contributed by atoms with Gasteiger partial charge >= 0.3 is 12.1 Å². The molecule has 0 aliphatic carbocycles. The molecule has 1 unspecified atom stereocenters. The Labute approximate surface area is 160 Å². The number of aliphatic carboxylic acids is 1. The third kappa shape index (κ3) is 5.60. The molecule has 1 fully saturated rings. The molecule has 154 valence electrons. The molecule has 2 heterocycles. The summed E-state index contributed by atoms with van der Waals surface area (Å²) in [5.41, 5.74) is 14.1. The summed E-state index contributed by atoms with van der Waals surface area (Å²) >= 11 is 0. The maximum Gasteiger partial charge on any atom is 0.490 e. The molecule has 28 heavy (non-hydrogen) atoms. The summed E-state index contributed by atoms with van der Waals surface area (Å²) < 4.78 is 31.7. The van der Waals surface area contributed by atoms with Gasteiger partial charge in [0.1, 0.15) is 5.84 Å². The Morgan fingerprint density at radius 3 is 2.21 bits per heavy atom. The fraction of sp³-hybridized carbons (Fsp3) is 0.412. The molecule has 3 rings (SSSR count). The van der Waals surface area contributed by atoms with Gasteiger partial charge in [-0.05, 0) is 25.3 Å². The van der Waals surface area contributed by atoms with E-state index in [1.54, 1.807) is 12.3 Å². The van der Waals surface area contributed by atoms with Crippen LogP contribution in [0.3, 0.4) is 0 Å². The average Bonchev–Trinajstić information content (AvgIpc) is 2.62. The molecule has 1 aromatic rings. The van der Waals surface area contributed by atoms with E-state index in [2.05, 4.69) is 39.3 Å². The summed E-state index contributed by atoms with van der Waals surface area (Å²) in [6.45, 7) is 4.29. The van der Waals surface area contributed by atoms with Crippen LogP contribution in [-0.4, -0.2) is 61.2 Å². The van der Waals surface area contributed by atoms with Gasteiger partial charge in [0.15, 0.2) is 0 Å². The van der Waals surface area contributed by atoms with Crippen LogP contribution < -0.4 is 21.7 Å². The number of alkyl halides is 3. The maximum absolute atomic E-state index is 10.6. The van der Waals surface area contributed by atoms with E-state index in [4.69, 9.17) is 21.4 Å². The van der Waals surface area contributed by atoms with Crippen LogP contribution in [0.4, 0.5) is 18.9 Å². The highest BCUT2D eigenvalue weighted by Crippen LogP contribution is 2.23. The molecule has 1 atom stereocenters. The quantitative estimate of drug-likeness (QED) is 0.574. The van der Waals surface area contributed by atoms with Gasteiger partial charge in [0, 0.05) is 43.6 Å². The van der Waals surface area contributed by atoms with Crippen LogP contribution in [0.5, 0.6) is 0 Å². The second-order valence-electron chi connectivity index (χ2n) is 6.42. The molecule has 0 spiro atoms. The number of rotatable bonds is 2. The van der Waals surface area contributed by atoms with Crippen molar-refractivity contribution in [1.29, 1.82) is 0 Å². The van der Waals surface area contributed by atoms with Crippen molar-refractivity contribution in [3.8, 4) is 0 Å². The van der Waals surface area contributed by atoms with Gasteiger partial charge in [-0.3, -0.25) is 5.73 Å². The topological polar surface area (TPSA) is 120 Å². The summed E-state index contributed by atoms with van der Waals surface area (Å²) in [5.74, 6) is -3.30. The number of nitrogens with zero attached hydrogens (tertiary/aromatic N) is 3. The number of nitrogens with one attached hydrogen (secondary N) is 1. The van der Waals surface area contributed by atoms with E-state index in [0.717, 1.165) is 31.7 Å². The Hall–Kier alpha value is -2.79. The molecule has 0 aromatic heterocycles. The van der Waals surface area contributed by atoms with Crippen molar-refractivity contribution >= 4 is 17.5 Å². The largest absolute Gasteiger partial charge is 0.490 e. The highest BCUT2D eigenvalue weighted by Gasteiger charge is 2.38. The SMILES string of the molecule is CN1CCN(c2ccc(C3(N)N=C(N)C=CN3)cc2)CC1.O=C(O)C(F)(F)F. The number of benzene rings is 1. The summed E-state index contributed by atoms with van der Waals surface area (Å²) in [7, 11) is 2.16. The molecule has 1 saturated heterocycles. The number of hydrogen-bond donors (Lipinski definition) is 4. The lowest BCUT2D eigenvalue weighted by molar-refractivity contribution is -0.192. The minimum absolute atomic E-state index is 0.430. The number of halogens is 3. The molecule has 6 N–H and O–H groups in total. The second-order valence-corrected chi connectivity index (χ2v) is 6.42. The Kier molecular flexibility index (Phi) is 6.52. The standard InChI is InChI=1S/C15H22N6.C2HF3O2/c1-20-8-10-21(11-9-20)13-4-2-12(3-5-13)15(17)18-7-6-14(16)19-15;3-2(4,5)1(6)7/h2-7,18H,8-11,17H2,1H3,(H2,16,19);(H,6,7). The van der Waals surface area contributed by atoms with E-state index in [1.807, 2.05) is 12.1 Å². The number of carboxylic acids is 1. The van der Waals surface area contributed by atoms with Crippen LogP contribution in [0.1, 0.15) is 5.56 Å². The number of likely N-dealkylation sites (N-methyl/N-ethyl adjacent to an activating group) is 1. The first kappa shape index (κ1) is 21.5. The molecule has 0 saturated carbocycles. The lowest BCUT2D eigenvalue weighted by atomic mass is 10.1. The average molecular weight is 400 g/mol. The first-order chi connectivity index (χ1) is 13.0. The number of hydrogen-bond acceptors (Lipinski definition) is 7. The van der Waals surface area contributed by atoms with E-state index in [9.17, 15) is 13.2 Å². The van der Waals surface area contributed by atoms with Crippen molar-refractivity contribution in [3.05, 3.63) is 42.1 Å².